The molecule has 0 aliphatic heterocycles. The highest BCUT2D eigenvalue weighted by atomic mass is 19.1. The number of methoxy groups -OCH3 is 3. The minimum Gasteiger partial charge on any atom is -0.473 e. The van der Waals surface area contributed by atoms with Gasteiger partial charge in [-0.2, -0.15) is 4.39 Å². The Morgan fingerprint density at radius 3 is 1.49 bits per heavy atom. The first-order valence-electron chi connectivity index (χ1n) is 15.7. The SMILES string of the molecule is CC.COC1CC(O)C1.COC1CC(Oc2ncccc2N)C1.COC1CC(Oc2ncccc2[N+](=O)[O-])C1.O=[N+]([O-])c1cccnc1F. The van der Waals surface area contributed by atoms with Crippen LogP contribution in [0.1, 0.15) is 52.4 Å². The summed E-state index contributed by atoms with van der Waals surface area (Å²) in [6.07, 6.45) is 10.3. The maximum Gasteiger partial charge on any atom is 0.330 e. The number of rotatable bonds is 9. The lowest BCUT2D eigenvalue weighted by Gasteiger charge is -2.33. The molecule has 3 saturated carbocycles. The Labute approximate surface area is 284 Å². The van der Waals surface area contributed by atoms with E-state index in [2.05, 4.69) is 15.0 Å². The molecule has 3 aliphatic carbocycles. The number of nitrogens with two attached hydrogens (primary N) is 1. The third-order valence-electron chi connectivity index (χ3n) is 7.41. The van der Waals surface area contributed by atoms with Gasteiger partial charge in [-0.25, -0.2) is 15.0 Å². The molecule has 0 aromatic carbocycles. The molecule has 3 fully saturated rings. The van der Waals surface area contributed by atoms with Crippen LogP contribution in [0.5, 0.6) is 11.8 Å². The molecule has 3 N–H and O–H groups in total. The van der Waals surface area contributed by atoms with Crippen molar-refractivity contribution >= 4 is 17.1 Å². The molecule has 17 heteroatoms. The van der Waals surface area contributed by atoms with Crippen LogP contribution in [-0.2, 0) is 14.2 Å². The monoisotopic (exact) mass is 692 g/mol. The van der Waals surface area contributed by atoms with E-state index in [1.165, 1.54) is 24.4 Å². The molecule has 3 aromatic heterocycles. The summed E-state index contributed by atoms with van der Waals surface area (Å²) in [4.78, 5) is 30.4. The number of hydrogen-bond donors (Lipinski definition) is 2. The highest BCUT2D eigenvalue weighted by Crippen LogP contribution is 2.31. The van der Waals surface area contributed by atoms with E-state index < -0.39 is 21.5 Å². The van der Waals surface area contributed by atoms with Gasteiger partial charge in [0.05, 0.1) is 39.9 Å². The van der Waals surface area contributed by atoms with Crippen LogP contribution in [0, 0.1) is 26.2 Å². The number of aliphatic hydroxyl groups excluding tert-OH is 1. The zero-order valence-corrected chi connectivity index (χ0v) is 28.2. The van der Waals surface area contributed by atoms with Crippen LogP contribution in [0.25, 0.3) is 0 Å². The zero-order valence-electron chi connectivity index (χ0n) is 28.2. The van der Waals surface area contributed by atoms with E-state index in [1.54, 1.807) is 39.7 Å². The molecular weight excluding hydrogens is 647 g/mol. The van der Waals surface area contributed by atoms with E-state index in [9.17, 15) is 24.6 Å². The number of nitrogens with zero attached hydrogens (tertiary/aromatic N) is 5. The largest absolute Gasteiger partial charge is 0.473 e. The summed E-state index contributed by atoms with van der Waals surface area (Å²) in [5.41, 5.74) is 5.60. The summed E-state index contributed by atoms with van der Waals surface area (Å²) >= 11 is 0. The maximum absolute atomic E-state index is 12.3. The molecule has 0 unspecified atom stereocenters. The Balaban J connectivity index is 0.000000231. The first kappa shape index (κ1) is 40.6. The van der Waals surface area contributed by atoms with Crippen molar-refractivity contribution in [2.75, 3.05) is 27.1 Å². The predicted molar refractivity (Wildman–Crippen MR) is 177 cm³/mol. The Morgan fingerprint density at radius 1 is 0.694 bits per heavy atom. The number of nitrogen functional groups attached to an aromatic ring is 1. The van der Waals surface area contributed by atoms with Gasteiger partial charge in [0.15, 0.2) is 0 Å². The third kappa shape index (κ3) is 13.5. The van der Waals surface area contributed by atoms with Crippen molar-refractivity contribution in [2.24, 2.45) is 0 Å². The van der Waals surface area contributed by atoms with E-state index in [0.717, 1.165) is 50.8 Å². The second-order valence-electron chi connectivity index (χ2n) is 10.7. The number of aliphatic hydroxyl groups is 1. The quantitative estimate of drug-likeness (QED) is 0.170. The Kier molecular flexibility index (Phi) is 17.7. The Hall–Kier alpha value is -4.58. The van der Waals surface area contributed by atoms with E-state index in [-0.39, 0.29) is 36.0 Å². The molecule has 0 spiro atoms. The lowest BCUT2D eigenvalue weighted by atomic mass is 9.92. The molecule has 16 nitrogen and oxygen atoms in total. The maximum atomic E-state index is 12.3. The van der Waals surface area contributed by atoms with E-state index in [1.807, 2.05) is 13.8 Å². The van der Waals surface area contributed by atoms with E-state index in [0.29, 0.717) is 23.8 Å². The zero-order chi connectivity index (χ0) is 36.3. The fourth-order valence-electron chi connectivity index (χ4n) is 4.29. The number of pyridine rings is 3. The highest BCUT2D eigenvalue weighted by molar-refractivity contribution is 5.47. The number of ether oxygens (including phenoxy) is 5. The topological polar surface area (TPSA) is 217 Å². The normalized spacial score (nSPS) is 22.8. The second kappa shape index (κ2) is 21.4. The Bertz CT molecular complexity index is 1420. The van der Waals surface area contributed by atoms with Crippen molar-refractivity contribution < 1.29 is 43.0 Å². The van der Waals surface area contributed by atoms with Crippen molar-refractivity contribution in [1.29, 1.82) is 0 Å². The van der Waals surface area contributed by atoms with Crippen molar-refractivity contribution in [3.05, 3.63) is 81.2 Å². The minimum absolute atomic E-state index is 0.0291. The molecule has 270 valence electrons. The molecule has 0 amide bonds. The fourth-order valence-corrected chi connectivity index (χ4v) is 4.29. The first-order chi connectivity index (χ1) is 23.5. The smallest absolute Gasteiger partial charge is 0.330 e. The molecule has 49 heavy (non-hydrogen) atoms. The van der Waals surface area contributed by atoms with Crippen LogP contribution in [0.2, 0.25) is 0 Å². The van der Waals surface area contributed by atoms with Crippen molar-refractivity contribution in [3.63, 3.8) is 0 Å². The minimum atomic E-state index is -1.05. The van der Waals surface area contributed by atoms with Gasteiger partial charge in [0.1, 0.15) is 12.2 Å². The van der Waals surface area contributed by atoms with Crippen LogP contribution < -0.4 is 15.2 Å². The summed E-state index contributed by atoms with van der Waals surface area (Å²) in [7, 11) is 5.04. The van der Waals surface area contributed by atoms with Gasteiger partial charge in [0, 0.05) is 77.7 Å². The standard InChI is InChI=1S/C10H12N2O4.C10H14N2O2.C5H3FN2O2.C5H10O2.C2H6/c1-15-7-5-8(6-7)16-10-9(12(13)14)3-2-4-11-10;1-13-7-5-8(6-7)14-10-9(11)3-2-4-12-10;6-5-4(8(9)10)2-1-3-7-5;1-7-5-2-4(6)3-5;1-2/h2-4,7-8H,5-6H2,1H3;2-4,7-8H,5-6,11H2,1H3;1-3H;4-6H,2-3H2,1H3;1-2H3. The third-order valence-corrected chi connectivity index (χ3v) is 7.41. The average Bonchev–Trinajstić information content (AvgIpc) is 3.05. The summed E-state index contributed by atoms with van der Waals surface area (Å²) < 4.78 is 38.5. The molecule has 0 atom stereocenters. The Morgan fingerprint density at radius 2 is 1.10 bits per heavy atom. The van der Waals surface area contributed by atoms with Crippen LogP contribution in [0.15, 0.2) is 55.0 Å². The molecule has 3 aliphatic rings. The lowest BCUT2D eigenvalue weighted by molar-refractivity contribution is -0.388. The highest BCUT2D eigenvalue weighted by Gasteiger charge is 2.33. The number of aromatic nitrogens is 3. The lowest BCUT2D eigenvalue weighted by Crippen LogP contribution is -2.39. The molecule has 0 saturated heterocycles. The van der Waals surface area contributed by atoms with Crippen LogP contribution in [-0.4, -0.2) is 87.9 Å². The number of hydrogen-bond acceptors (Lipinski definition) is 14. The molecule has 3 heterocycles. The molecule has 3 aromatic rings. The van der Waals surface area contributed by atoms with Gasteiger partial charge in [-0.1, -0.05) is 13.8 Å². The average molecular weight is 693 g/mol. The molecule has 0 bridgehead atoms. The number of halogens is 1. The van der Waals surface area contributed by atoms with Gasteiger partial charge in [-0.15, -0.1) is 0 Å². The van der Waals surface area contributed by atoms with Gasteiger partial charge in [-0.3, -0.25) is 20.2 Å². The van der Waals surface area contributed by atoms with Gasteiger partial charge >= 0.3 is 11.4 Å². The van der Waals surface area contributed by atoms with Gasteiger partial charge in [0.2, 0.25) is 5.88 Å². The molecule has 6 rings (SSSR count). The number of nitro groups is 2. The van der Waals surface area contributed by atoms with Crippen LogP contribution in [0.3, 0.4) is 0 Å². The first-order valence-corrected chi connectivity index (χ1v) is 15.7. The van der Waals surface area contributed by atoms with Crippen LogP contribution in [0.4, 0.5) is 21.5 Å². The van der Waals surface area contributed by atoms with Gasteiger partial charge in [-0.05, 0) is 37.1 Å². The van der Waals surface area contributed by atoms with E-state index in [4.69, 9.17) is 34.5 Å². The van der Waals surface area contributed by atoms with Gasteiger partial charge in [0.25, 0.3) is 11.8 Å². The predicted octanol–water partition coefficient (Wildman–Crippen LogP) is 5.08. The van der Waals surface area contributed by atoms with E-state index >= 15 is 0 Å². The van der Waals surface area contributed by atoms with Gasteiger partial charge < -0.3 is 34.5 Å². The van der Waals surface area contributed by atoms with Crippen LogP contribution >= 0.6 is 0 Å². The van der Waals surface area contributed by atoms with Crippen molar-refractivity contribution in [3.8, 4) is 11.8 Å². The van der Waals surface area contributed by atoms with Crippen molar-refractivity contribution in [2.45, 2.75) is 89.0 Å². The summed E-state index contributed by atoms with van der Waals surface area (Å²) in [6.45, 7) is 4.00. The summed E-state index contributed by atoms with van der Waals surface area (Å²) in [6, 6.07) is 8.85. The fraction of sp³-hybridized carbons (Fsp3) is 0.531. The molecular formula is C32H45FN6O10. The van der Waals surface area contributed by atoms with Crippen molar-refractivity contribution in [1.82, 2.24) is 15.0 Å². The number of anilines is 1. The summed E-state index contributed by atoms with van der Waals surface area (Å²) in [5, 5.41) is 29.3. The second-order valence-corrected chi connectivity index (χ2v) is 10.7. The molecule has 0 radical (unpaired) electrons. The summed E-state index contributed by atoms with van der Waals surface area (Å²) in [5.74, 6) is -0.424.